The second kappa shape index (κ2) is 6.19. The molecule has 0 aliphatic carbocycles. The molecule has 1 amide bonds. The first-order valence-corrected chi connectivity index (χ1v) is 5.92. The van der Waals surface area contributed by atoms with Crippen LogP contribution in [0.25, 0.3) is 0 Å². The Morgan fingerprint density at radius 1 is 1.59 bits per heavy atom. The summed E-state index contributed by atoms with van der Waals surface area (Å²) < 4.78 is 4.87. The van der Waals surface area contributed by atoms with Crippen molar-refractivity contribution in [2.75, 3.05) is 0 Å². The number of alkyl carbamates (subject to hydrolysis) is 1. The Kier molecular flexibility index (Phi) is 4.89. The number of amides is 1. The fourth-order valence-electron chi connectivity index (χ4n) is 1.13. The largest absolute Gasteiger partial charge is 0.480 e. The van der Waals surface area contributed by atoms with Crippen molar-refractivity contribution in [3.8, 4) is 0 Å². The number of carboxylic acids is 1. The number of aliphatic carboxylic acids is 1. The SMILES string of the molecule is CC(C)[C@H](NC(=O)OCc1cncs1)C(=O)O. The first-order valence-electron chi connectivity index (χ1n) is 5.04. The van der Waals surface area contributed by atoms with Gasteiger partial charge in [0.1, 0.15) is 12.6 Å². The molecular formula is C10H14N2O4S. The van der Waals surface area contributed by atoms with Crippen LogP contribution in [-0.2, 0) is 16.1 Å². The maximum absolute atomic E-state index is 11.3. The molecule has 1 atom stereocenters. The molecular weight excluding hydrogens is 244 g/mol. The molecule has 7 heteroatoms. The first kappa shape index (κ1) is 13.4. The van der Waals surface area contributed by atoms with Gasteiger partial charge in [0.2, 0.25) is 0 Å². The molecule has 0 spiro atoms. The molecule has 0 unspecified atom stereocenters. The maximum Gasteiger partial charge on any atom is 0.408 e. The number of ether oxygens (including phenoxy) is 1. The summed E-state index contributed by atoms with van der Waals surface area (Å²) in [5.41, 5.74) is 1.63. The van der Waals surface area contributed by atoms with Crippen LogP contribution in [0.15, 0.2) is 11.7 Å². The summed E-state index contributed by atoms with van der Waals surface area (Å²) in [6.07, 6.45) is 0.856. The lowest BCUT2D eigenvalue weighted by atomic mass is 10.1. The van der Waals surface area contributed by atoms with Gasteiger partial charge in [-0.05, 0) is 5.92 Å². The van der Waals surface area contributed by atoms with E-state index < -0.39 is 18.1 Å². The predicted octanol–water partition coefficient (Wildman–Crippen LogP) is 1.48. The zero-order valence-electron chi connectivity index (χ0n) is 9.54. The molecule has 0 fully saturated rings. The van der Waals surface area contributed by atoms with Gasteiger partial charge in [-0.15, -0.1) is 11.3 Å². The summed E-state index contributed by atoms with van der Waals surface area (Å²) in [5.74, 6) is -1.28. The number of carbonyl (C=O) groups is 2. The van der Waals surface area contributed by atoms with E-state index in [1.807, 2.05) is 0 Å². The third kappa shape index (κ3) is 4.39. The van der Waals surface area contributed by atoms with Gasteiger partial charge in [-0.1, -0.05) is 13.8 Å². The molecule has 1 aromatic rings. The zero-order chi connectivity index (χ0) is 12.8. The van der Waals surface area contributed by atoms with E-state index in [-0.39, 0.29) is 12.5 Å². The second-order valence-corrected chi connectivity index (χ2v) is 4.72. The smallest absolute Gasteiger partial charge is 0.408 e. The van der Waals surface area contributed by atoms with Crippen LogP contribution in [0.4, 0.5) is 4.79 Å². The number of nitrogens with zero attached hydrogens (tertiary/aromatic N) is 1. The summed E-state index contributed by atoms with van der Waals surface area (Å²) in [5, 5.41) is 11.2. The fraction of sp³-hybridized carbons (Fsp3) is 0.500. The topological polar surface area (TPSA) is 88.5 Å². The van der Waals surface area contributed by atoms with Crippen molar-refractivity contribution in [2.24, 2.45) is 5.92 Å². The summed E-state index contributed by atoms with van der Waals surface area (Å²) >= 11 is 1.36. The van der Waals surface area contributed by atoms with Gasteiger partial charge in [-0.3, -0.25) is 4.98 Å². The predicted molar refractivity (Wildman–Crippen MR) is 61.7 cm³/mol. The van der Waals surface area contributed by atoms with Crippen molar-refractivity contribution in [2.45, 2.75) is 26.5 Å². The average Bonchev–Trinajstić information content (AvgIpc) is 2.74. The van der Waals surface area contributed by atoms with E-state index in [1.54, 1.807) is 25.6 Å². The molecule has 6 nitrogen and oxygen atoms in total. The number of rotatable bonds is 5. The lowest BCUT2D eigenvalue weighted by Gasteiger charge is -2.17. The molecule has 1 heterocycles. The van der Waals surface area contributed by atoms with Crippen LogP contribution in [0.3, 0.4) is 0 Å². The van der Waals surface area contributed by atoms with E-state index in [9.17, 15) is 9.59 Å². The highest BCUT2D eigenvalue weighted by atomic mass is 32.1. The van der Waals surface area contributed by atoms with E-state index in [1.165, 1.54) is 11.3 Å². The van der Waals surface area contributed by atoms with E-state index in [2.05, 4.69) is 10.3 Å². The van der Waals surface area contributed by atoms with Gasteiger partial charge in [-0.2, -0.15) is 0 Å². The zero-order valence-corrected chi connectivity index (χ0v) is 10.4. The van der Waals surface area contributed by atoms with E-state index in [0.717, 1.165) is 4.88 Å². The average molecular weight is 258 g/mol. The van der Waals surface area contributed by atoms with Crippen LogP contribution in [-0.4, -0.2) is 28.2 Å². The molecule has 0 aromatic carbocycles. The Morgan fingerprint density at radius 3 is 2.76 bits per heavy atom. The van der Waals surface area contributed by atoms with Crippen LogP contribution >= 0.6 is 11.3 Å². The maximum atomic E-state index is 11.3. The Balaban J connectivity index is 2.40. The number of nitrogens with one attached hydrogen (secondary N) is 1. The van der Waals surface area contributed by atoms with Crippen LogP contribution in [0, 0.1) is 5.92 Å². The quantitative estimate of drug-likeness (QED) is 0.835. The first-order chi connectivity index (χ1) is 8.00. The van der Waals surface area contributed by atoms with Crippen LogP contribution in [0.1, 0.15) is 18.7 Å². The third-order valence-electron chi connectivity index (χ3n) is 2.04. The van der Waals surface area contributed by atoms with E-state index in [0.29, 0.717) is 0 Å². The summed E-state index contributed by atoms with van der Waals surface area (Å²) in [7, 11) is 0. The number of carboxylic acid groups (broad SMARTS) is 1. The highest BCUT2D eigenvalue weighted by molar-refractivity contribution is 7.09. The van der Waals surface area contributed by atoms with Crippen molar-refractivity contribution in [3.63, 3.8) is 0 Å². The molecule has 17 heavy (non-hydrogen) atoms. The molecule has 2 N–H and O–H groups in total. The van der Waals surface area contributed by atoms with E-state index in [4.69, 9.17) is 9.84 Å². The lowest BCUT2D eigenvalue weighted by molar-refractivity contribution is -0.140. The summed E-state index contributed by atoms with van der Waals surface area (Å²) in [6.45, 7) is 3.52. The van der Waals surface area contributed by atoms with Gasteiger partial charge in [0, 0.05) is 6.20 Å². The number of hydrogen-bond donors (Lipinski definition) is 2. The second-order valence-electron chi connectivity index (χ2n) is 3.75. The van der Waals surface area contributed by atoms with Gasteiger partial charge in [0.15, 0.2) is 0 Å². The van der Waals surface area contributed by atoms with Crippen LogP contribution < -0.4 is 5.32 Å². The van der Waals surface area contributed by atoms with Crippen molar-refractivity contribution >= 4 is 23.4 Å². The summed E-state index contributed by atoms with van der Waals surface area (Å²) in [6, 6.07) is -0.941. The molecule has 0 aliphatic rings. The third-order valence-corrected chi connectivity index (χ3v) is 2.79. The minimum atomic E-state index is -1.07. The minimum absolute atomic E-state index is 0.0981. The number of carbonyl (C=O) groups excluding carboxylic acids is 1. The standard InChI is InChI=1S/C10H14N2O4S/c1-6(2)8(9(13)14)12-10(15)16-4-7-3-11-5-17-7/h3,5-6,8H,4H2,1-2H3,(H,12,15)(H,13,14)/t8-/m0/s1. The van der Waals surface area contributed by atoms with Crippen molar-refractivity contribution in [3.05, 3.63) is 16.6 Å². The number of hydrogen-bond acceptors (Lipinski definition) is 5. The molecule has 1 rings (SSSR count). The molecule has 0 radical (unpaired) electrons. The van der Waals surface area contributed by atoms with Crippen LogP contribution in [0.2, 0.25) is 0 Å². The van der Waals surface area contributed by atoms with Gasteiger partial charge in [0.25, 0.3) is 0 Å². The number of aromatic nitrogens is 1. The van der Waals surface area contributed by atoms with Gasteiger partial charge in [-0.25, -0.2) is 9.59 Å². The molecule has 0 aliphatic heterocycles. The highest BCUT2D eigenvalue weighted by Crippen LogP contribution is 2.07. The number of thiazole rings is 1. The van der Waals surface area contributed by atoms with Crippen molar-refractivity contribution in [1.82, 2.24) is 10.3 Å². The Hall–Kier alpha value is -1.63. The molecule has 1 aromatic heterocycles. The molecule has 0 bridgehead atoms. The van der Waals surface area contributed by atoms with Crippen LogP contribution in [0.5, 0.6) is 0 Å². The molecule has 94 valence electrons. The Bertz CT molecular complexity index is 378. The molecule has 0 saturated heterocycles. The van der Waals surface area contributed by atoms with Gasteiger partial charge >= 0.3 is 12.1 Å². The lowest BCUT2D eigenvalue weighted by Crippen LogP contribution is -2.44. The van der Waals surface area contributed by atoms with Crippen molar-refractivity contribution < 1.29 is 19.4 Å². The normalized spacial score (nSPS) is 12.2. The highest BCUT2D eigenvalue weighted by Gasteiger charge is 2.23. The Morgan fingerprint density at radius 2 is 2.29 bits per heavy atom. The Labute approximate surface area is 103 Å². The monoisotopic (exact) mass is 258 g/mol. The fourth-order valence-corrected chi connectivity index (χ4v) is 1.64. The van der Waals surface area contributed by atoms with Gasteiger partial charge < -0.3 is 15.2 Å². The van der Waals surface area contributed by atoms with Gasteiger partial charge in [0.05, 0.1) is 10.4 Å². The van der Waals surface area contributed by atoms with E-state index >= 15 is 0 Å². The minimum Gasteiger partial charge on any atom is -0.480 e. The van der Waals surface area contributed by atoms with Crippen molar-refractivity contribution in [1.29, 1.82) is 0 Å². The molecule has 0 saturated carbocycles. The summed E-state index contributed by atoms with van der Waals surface area (Å²) in [4.78, 5) is 26.8.